The minimum absolute atomic E-state index is 0.0329. The van der Waals surface area contributed by atoms with E-state index in [1.54, 1.807) is 41.2 Å². The fourth-order valence-electron chi connectivity index (χ4n) is 3.75. The summed E-state index contributed by atoms with van der Waals surface area (Å²) in [6.07, 6.45) is 3.56. The predicted octanol–water partition coefficient (Wildman–Crippen LogP) is 3.78. The average molecular weight is 465 g/mol. The molecule has 0 spiro atoms. The maximum absolute atomic E-state index is 13.1. The molecule has 0 aromatic carbocycles. The number of pyridine rings is 2. The van der Waals surface area contributed by atoms with Gasteiger partial charge >= 0.3 is 0 Å². The van der Waals surface area contributed by atoms with Crippen LogP contribution >= 0.6 is 0 Å². The Labute approximate surface area is 193 Å². The lowest BCUT2D eigenvalue weighted by Gasteiger charge is -2.23. The number of hydrogen-bond donors (Lipinski definition) is 2. The first-order valence-corrected chi connectivity index (χ1v) is 10.8. The zero-order valence-electron chi connectivity index (χ0n) is 18.0. The number of rotatable bonds is 6. The fraction of sp³-hybridized carbons (Fsp3) is 0.261. The molecule has 0 unspecified atom stereocenters. The molecule has 174 valence electrons. The molecular weight excluding hydrogens is 444 g/mol. The molecule has 0 atom stereocenters. The molecule has 4 aromatic rings. The summed E-state index contributed by atoms with van der Waals surface area (Å²) < 4.78 is 33.2. The van der Waals surface area contributed by atoms with E-state index >= 15 is 0 Å². The molecule has 0 radical (unpaired) electrons. The first kappa shape index (κ1) is 21.8. The van der Waals surface area contributed by atoms with E-state index in [0.717, 1.165) is 12.8 Å². The van der Waals surface area contributed by atoms with E-state index in [2.05, 4.69) is 30.7 Å². The van der Waals surface area contributed by atoms with Crippen LogP contribution in [0.1, 0.15) is 35.3 Å². The third-order valence-electron chi connectivity index (χ3n) is 5.49. The Morgan fingerprint density at radius 3 is 2.79 bits per heavy atom. The quantitative estimate of drug-likeness (QED) is 0.446. The van der Waals surface area contributed by atoms with E-state index in [1.165, 1.54) is 18.3 Å². The van der Waals surface area contributed by atoms with E-state index < -0.39 is 6.43 Å². The largest absolute Gasteiger partial charge is 0.381 e. The van der Waals surface area contributed by atoms with Crippen LogP contribution in [0.15, 0.2) is 55.0 Å². The molecule has 5 rings (SSSR count). The Balaban J connectivity index is 1.48. The molecule has 34 heavy (non-hydrogen) atoms. The Bertz CT molecular complexity index is 1320. The van der Waals surface area contributed by atoms with Crippen molar-refractivity contribution < 1.29 is 18.3 Å². The van der Waals surface area contributed by atoms with Gasteiger partial charge in [0.05, 0.1) is 11.3 Å². The molecule has 1 aliphatic rings. The summed E-state index contributed by atoms with van der Waals surface area (Å²) in [6.45, 7) is 1.22. The van der Waals surface area contributed by atoms with E-state index in [0.29, 0.717) is 35.8 Å². The first-order valence-electron chi connectivity index (χ1n) is 10.8. The minimum atomic E-state index is -2.71. The lowest BCUT2D eigenvalue weighted by Crippen LogP contribution is -2.39. The fourth-order valence-corrected chi connectivity index (χ4v) is 3.75. The molecular formula is C23H21F2N7O2. The second-order valence-electron chi connectivity index (χ2n) is 7.78. The normalized spacial score (nSPS) is 14.4. The van der Waals surface area contributed by atoms with Crippen molar-refractivity contribution in [1.29, 1.82) is 0 Å². The van der Waals surface area contributed by atoms with Crippen LogP contribution in [-0.2, 0) is 4.74 Å². The lowest BCUT2D eigenvalue weighted by atomic mass is 10.1. The lowest BCUT2D eigenvalue weighted by molar-refractivity contribution is 0.0696. The van der Waals surface area contributed by atoms with Crippen molar-refractivity contribution in [1.82, 2.24) is 29.9 Å². The van der Waals surface area contributed by atoms with Gasteiger partial charge in [-0.2, -0.15) is 0 Å². The number of hydrogen-bond acceptors (Lipinski definition) is 7. The number of anilines is 2. The van der Waals surface area contributed by atoms with Crippen LogP contribution < -0.4 is 10.6 Å². The molecule has 0 bridgehead atoms. The summed E-state index contributed by atoms with van der Waals surface area (Å²) in [4.78, 5) is 25.6. The van der Waals surface area contributed by atoms with Crippen molar-refractivity contribution in [3.63, 3.8) is 0 Å². The van der Waals surface area contributed by atoms with Gasteiger partial charge < -0.3 is 15.4 Å². The van der Waals surface area contributed by atoms with E-state index in [1.807, 2.05) is 0 Å². The van der Waals surface area contributed by atoms with Crippen molar-refractivity contribution in [2.45, 2.75) is 25.3 Å². The maximum atomic E-state index is 13.1. The number of carbonyl (C=O) groups excluding carboxylic acids is 1. The summed E-state index contributed by atoms with van der Waals surface area (Å²) >= 11 is 0. The molecule has 1 saturated heterocycles. The molecule has 1 fully saturated rings. The second kappa shape index (κ2) is 9.48. The van der Waals surface area contributed by atoms with Crippen LogP contribution in [-0.4, -0.2) is 49.7 Å². The third kappa shape index (κ3) is 4.55. The van der Waals surface area contributed by atoms with Crippen molar-refractivity contribution in [2.24, 2.45) is 0 Å². The van der Waals surface area contributed by atoms with Gasteiger partial charge in [0.15, 0.2) is 5.82 Å². The van der Waals surface area contributed by atoms with Crippen molar-refractivity contribution >= 4 is 22.9 Å². The van der Waals surface area contributed by atoms with Crippen molar-refractivity contribution in [3.05, 3.63) is 66.2 Å². The smallest absolute Gasteiger partial charge is 0.280 e. The highest BCUT2D eigenvalue weighted by Gasteiger charge is 2.20. The van der Waals surface area contributed by atoms with Gasteiger partial charge in [0.1, 0.15) is 16.9 Å². The number of aromatic nitrogens is 5. The summed E-state index contributed by atoms with van der Waals surface area (Å²) in [7, 11) is 0. The van der Waals surface area contributed by atoms with Gasteiger partial charge in [0, 0.05) is 37.8 Å². The number of alkyl halides is 2. The SMILES string of the molecule is O=C(NC1CCOCC1)c1cnccc1Nc1nc(-c2cccc(C(F)F)n2)nn2cccc12. The van der Waals surface area contributed by atoms with Gasteiger partial charge in [0.2, 0.25) is 5.82 Å². The monoisotopic (exact) mass is 465 g/mol. The van der Waals surface area contributed by atoms with E-state index in [9.17, 15) is 13.6 Å². The minimum Gasteiger partial charge on any atom is -0.381 e. The highest BCUT2D eigenvalue weighted by atomic mass is 19.3. The molecule has 5 heterocycles. The van der Waals surface area contributed by atoms with Crippen LogP contribution in [0.5, 0.6) is 0 Å². The Morgan fingerprint density at radius 1 is 1.12 bits per heavy atom. The van der Waals surface area contributed by atoms with Gasteiger partial charge in [-0.25, -0.2) is 23.3 Å². The highest BCUT2D eigenvalue weighted by molar-refractivity contribution is 6.00. The van der Waals surface area contributed by atoms with Crippen LogP contribution in [0.25, 0.3) is 17.0 Å². The zero-order chi connectivity index (χ0) is 23.5. The molecule has 0 aliphatic carbocycles. The summed E-state index contributed by atoms with van der Waals surface area (Å²) in [5.41, 5.74) is 1.35. The maximum Gasteiger partial charge on any atom is 0.280 e. The summed E-state index contributed by atoms with van der Waals surface area (Å²) in [5.74, 6) is 0.302. The summed E-state index contributed by atoms with van der Waals surface area (Å²) in [5, 5.41) is 10.6. The predicted molar refractivity (Wildman–Crippen MR) is 120 cm³/mol. The molecule has 0 saturated carbocycles. The van der Waals surface area contributed by atoms with Gasteiger partial charge in [0.25, 0.3) is 12.3 Å². The number of nitrogens with zero attached hydrogens (tertiary/aromatic N) is 5. The Kier molecular flexibility index (Phi) is 6.09. The number of amides is 1. The molecule has 4 aromatic heterocycles. The van der Waals surface area contributed by atoms with Crippen molar-refractivity contribution in [2.75, 3.05) is 18.5 Å². The molecule has 11 heteroatoms. The second-order valence-corrected chi connectivity index (χ2v) is 7.78. The molecule has 1 amide bonds. The Hall–Kier alpha value is -3.99. The van der Waals surface area contributed by atoms with Gasteiger partial charge in [-0.05, 0) is 43.2 Å². The highest BCUT2D eigenvalue weighted by Crippen LogP contribution is 2.26. The topological polar surface area (TPSA) is 106 Å². The molecule has 2 N–H and O–H groups in total. The standard InChI is InChI=1S/C23H21F2N7O2/c24-20(25)17-3-1-4-18(28-17)21-30-22(19-5-2-10-32(19)31-21)29-16-6-9-26-13-15(16)23(33)27-14-7-11-34-12-8-14/h1-6,9-10,13-14,20H,7-8,11-12H2,(H,27,33)(H,26,29,30,31). The van der Waals surface area contributed by atoms with E-state index in [4.69, 9.17) is 4.74 Å². The van der Waals surface area contributed by atoms with Crippen LogP contribution in [0.2, 0.25) is 0 Å². The zero-order valence-corrected chi connectivity index (χ0v) is 18.0. The van der Waals surface area contributed by atoms with E-state index in [-0.39, 0.29) is 29.2 Å². The van der Waals surface area contributed by atoms with Crippen LogP contribution in [0.3, 0.4) is 0 Å². The number of halogens is 2. The van der Waals surface area contributed by atoms with Crippen LogP contribution in [0.4, 0.5) is 20.3 Å². The third-order valence-corrected chi connectivity index (χ3v) is 5.49. The average Bonchev–Trinajstić information content (AvgIpc) is 3.34. The number of ether oxygens (including phenoxy) is 1. The number of nitrogens with one attached hydrogen (secondary N) is 2. The number of carbonyl (C=O) groups is 1. The number of fused-ring (bicyclic) bond motifs is 1. The van der Waals surface area contributed by atoms with Gasteiger partial charge in [-0.3, -0.25) is 9.78 Å². The van der Waals surface area contributed by atoms with Gasteiger partial charge in [-0.1, -0.05) is 6.07 Å². The van der Waals surface area contributed by atoms with Gasteiger partial charge in [-0.15, -0.1) is 5.10 Å². The van der Waals surface area contributed by atoms with Crippen LogP contribution in [0, 0.1) is 0 Å². The van der Waals surface area contributed by atoms with Crippen molar-refractivity contribution in [3.8, 4) is 11.5 Å². The summed E-state index contributed by atoms with van der Waals surface area (Å²) in [6, 6.07) is 9.61. The first-order chi connectivity index (χ1) is 16.6. The molecule has 9 nitrogen and oxygen atoms in total. The molecule has 1 aliphatic heterocycles. The Morgan fingerprint density at radius 2 is 1.97 bits per heavy atom.